The van der Waals surface area contributed by atoms with Gasteiger partial charge in [-0.05, 0) is 52.9 Å². The lowest BCUT2D eigenvalue weighted by Crippen LogP contribution is -2.04. The van der Waals surface area contributed by atoms with Crippen LogP contribution in [-0.4, -0.2) is 5.78 Å². The highest BCUT2D eigenvalue weighted by molar-refractivity contribution is 14.1. The molecule has 2 rings (SSSR count). The number of rotatable bonds is 2. The van der Waals surface area contributed by atoms with Crippen molar-refractivity contribution in [2.75, 3.05) is 0 Å². The summed E-state index contributed by atoms with van der Waals surface area (Å²) in [6, 6.07) is 8.00. The zero-order valence-electron chi connectivity index (χ0n) is 8.88. The van der Waals surface area contributed by atoms with Crippen molar-refractivity contribution < 1.29 is 13.6 Å². The van der Waals surface area contributed by atoms with Gasteiger partial charge in [-0.15, -0.1) is 0 Å². The Morgan fingerprint density at radius 1 is 1.06 bits per heavy atom. The van der Waals surface area contributed by atoms with Crippen molar-refractivity contribution in [3.8, 4) is 0 Å². The van der Waals surface area contributed by atoms with E-state index >= 15 is 0 Å². The first-order valence-electron chi connectivity index (χ1n) is 4.93. The van der Waals surface area contributed by atoms with Crippen molar-refractivity contribution in [3.63, 3.8) is 0 Å². The van der Waals surface area contributed by atoms with Gasteiger partial charge in [0, 0.05) is 25.2 Å². The number of hydrogen-bond acceptors (Lipinski definition) is 1. The summed E-state index contributed by atoms with van der Waals surface area (Å²) in [6.45, 7) is 0. The molecule has 0 unspecified atom stereocenters. The van der Waals surface area contributed by atoms with Crippen molar-refractivity contribution in [1.82, 2.24) is 0 Å². The summed E-state index contributed by atoms with van der Waals surface area (Å²) in [5, 5.41) is 0. The Balaban J connectivity index is 2.51. The standard InChI is InChI=1S/C13H6BrF2IO/c14-12-2-1-10(17)6-11(12)13(18)7-3-8(15)5-9(16)4-7/h1-6H. The molecular weight excluding hydrogens is 417 g/mol. The number of carbonyl (C=O) groups excluding carboxylic acids is 1. The second-order valence-corrected chi connectivity index (χ2v) is 5.71. The van der Waals surface area contributed by atoms with Crippen LogP contribution in [0.4, 0.5) is 8.78 Å². The molecule has 0 saturated heterocycles. The van der Waals surface area contributed by atoms with E-state index in [0.717, 1.165) is 21.8 Å². The molecule has 0 radical (unpaired) electrons. The molecule has 92 valence electrons. The lowest BCUT2D eigenvalue weighted by molar-refractivity contribution is 0.103. The van der Waals surface area contributed by atoms with E-state index in [9.17, 15) is 13.6 Å². The zero-order chi connectivity index (χ0) is 13.3. The van der Waals surface area contributed by atoms with Crippen LogP contribution < -0.4 is 0 Å². The van der Waals surface area contributed by atoms with E-state index < -0.39 is 17.4 Å². The summed E-state index contributed by atoms with van der Waals surface area (Å²) in [7, 11) is 0. The highest BCUT2D eigenvalue weighted by Gasteiger charge is 2.15. The fourth-order valence-corrected chi connectivity index (χ4v) is 2.43. The van der Waals surface area contributed by atoms with Gasteiger partial charge in [0.2, 0.25) is 0 Å². The van der Waals surface area contributed by atoms with Gasteiger partial charge in [0.25, 0.3) is 0 Å². The van der Waals surface area contributed by atoms with E-state index in [4.69, 9.17) is 0 Å². The highest BCUT2D eigenvalue weighted by atomic mass is 127. The largest absolute Gasteiger partial charge is 0.289 e. The first kappa shape index (κ1) is 13.6. The summed E-state index contributed by atoms with van der Waals surface area (Å²) in [5.41, 5.74) is 0.377. The number of ketones is 1. The molecule has 18 heavy (non-hydrogen) atoms. The maximum Gasteiger partial charge on any atom is 0.194 e. The normalized spacial score (nSPS) is 10.4. The lowest BCUT2D eigenvalue weighted by atomic mass is 10.0. The number of hydrogen-bond donors (Lipinski definition) is 0. The first-order chi connectivity index (χ1) is 8.47. The molecule has 0 heterocycles. The lowest BCUT2D eigenvalue weighted by Gasteiger charge is -2.05. The molecule has 0 amide bonds. The van der Waals surface area contributed by atoms with Crippen molar-refractivity contribution in [2.24, 2.45) is 0 Å². The van der Waals surface area contributed by atoms with Crippen LogP contribution in [0, 0.1) is 15.2 Å². The fraction of sp³-hybridized carbons (Fsp3) is 0. The van der Waals surface area contributed by atoms with E-state index in [-0.39, 0.29) is 5.56 Å². The molecule has 2 aromatic rings. The van der Waals surface area contributed by atoms with Gasteiger partial charge in [-0.3, -0.25) is 4.79 Å². The molecule has 0 aliphatic rings. The van der Waals surface area contributed by atoms with Crippen LogP contribution in [0.1, 0.15) is 15.9 Å². The molecule has 0 N–H and O–H groups in total. The average Bonchev–Trinajstić information content (AvgIpc) is 2.30. The molecule has 0 atom stereocenters. The summed E-state index contributed by atoms with van der Waals surface area (Å²) in [5.74, 6) is -1.95. The van der Waals surface area contributed by atoms with Gasteiger partial charge >= 0.3 is 0 Å². The quantitative estimate of drug-likeness (QED) is 0.512. The number of halogens is 4. The van der Waals surface area contributed by atoms with Crippen LogP contribution in [0.2, 0.25) is 0 Å². The van der Waals surface area contributed by atoms with Gasteiger partial charge in [-0.2, -0.15) is 0 Å². The molecule has 0 bridgehead atoms. The molecule has 0 spiro atoms. The van der Waals surface area contributed by atoms with Gasteiger partial charge in [-0.25, -0.2) is 8.78 Å². The van der Waals surface area contributed by atoms with Gasteiger partial charge in [0.1, 0.15) is 11.6 Å². The molecule has 0 aromatic heterocycles. The third-order valence-corrected chi connectivity index (χ3v) is 3.66. The van der Waals surface area contributed by atoms with E-state index in [1.54, 1.807) is 12.1 Å². The molecular formula is C13H6BrF2IO. The van der Waals surface area contributed by atoms with E-state index in [1.807, 2.05) is 6.07 Å². The van der Waals surface area contributed by atoms with Crippen LogP contribution in [0.15, 0.2) is 40.9 Å². The minimum absolute atomic E-state index is 0.00444. The van der Waals surface area contributed by atoms with Gasteiger partial charge < -0.3 is 0 Å². The second kappa shape index (κ2) is 5.44. The molecule has 5 heteroatoms. The predicted molar refractivity (Wildman–Crippen MR) is 76.6 cm³/mol. The van der Waals surface area contributed by atoms with Gasteiger partial charge in [0.15, 0.2) is 5.78 Å². The highest BCUT2D eigenvalue weighted by Crippen LogP contribution is 2.23. The third kappa shape index (κ3) is 2.95. The van der Waals surface area contributed by atoms with E-state index in [0.29, 0.717) is 10.0 Å². The Labute approximate surface area is 124 Å². The molecule has 0 fully saturated rings. The molecule has 1 nitrogen and oxygen atoms in total. The van der Waals surface area contributed by atoms with E-state index in [2.05, 4.69) is 38.5 Å². The van der Waals surface area contributed by atoms with Crippen LogP contribution in [0.3, 0.4) is 0 Å². The van der Waals surface area contributed by atoms with Crippen LogP contribution in [0.25, 0.3) is 0 Å². The predicted octanol–water partition coefficient (Wildman–Crippen LogP) is 4.56. The summed E-state index contributed by atoms with van der Waals surface area (Å²) >= 11 is 5.32. The summed E-state index contributed by atoms with van der Waals surface area (Å²) in [4.78, 5) is 12.2. The molecule has 0 aliphatic carbocycles. The monoisotopic (exact) mass is 422 g/mol. The zero-order valence-corrected chi connectivity index (χ0v) is 12.6. The topological polar surface area (TPSA) is 17.1 Å². The molecule has 0 aliphatic heterocycles. The van der Waals surface area contributed by atoms with Crippen LogP contribution in [-0.2, 0) is 0 Å². The van der Waals surface area contributed by atoms with Crippen LogP contribution in [0.5, 0.6) is 0 Å². The fourth-order valence-electron chi connectivity index (χ4n) is 1.51. The molecule has 0 saturated carbocycles. The smallest absolute Gasteiger partial charge is 0.194 e. The molecule has 2 aromatic carbocycles. The summed E-state index contributed by atoms with van der Waals surface area (Å²) in [6.07, 6.45) is 0. The van der Waals surface area contributed by atoms with E-state index in [1.165, 1.54) is 0 Å². The van der Waals surface area contributed by atoms with Crippen molar-refractivity contribution in [2.45, 2.75) is 0 Å². The van der Waals surface area contributed by atoms with Crippen molar-refractivity contribution >= 4 is 44.3 Å². The van der Waals surface area contributed by atoms with Crippen molar-refractivity contribution in [3.05, 3.63) is 67.2 Å². The Morgan fingerprint density at radius 3 is 2.28 bits per heavy atom. The number of benzene rings is 2. The van der Waals surface area contributed by atoms with Gasteiger partial charge in [-0.1, -0.05) is 15.9 Å². The van der Waals surface area contributed by atoms with Crippen molar-refractivity contribution in [1.29, 1.82) is 0 Å². The Bertz CT molecular complexity index is 608. The Hall–Kier alpha value is -0.820. The average molecular weight is 423 g/mol. The Morgan fingerprint density at radius 2 is 1.67 bits per heavy atom. The maximum atomic E-state index is 13.1. The second-order valence-electron chi connectivity index (χ2n) is 3.61. The van der Waals surface area contributed by atoms with Gasteiger partial charge in [0.05, 0.1) is 0 Å². The minimum atomic E-state index is -0.764. The SMILES string of the molecule is O=C(c1cc(F)cc(F)c1)c1cc(I)ccc1Br. The Kier molecular flexibility index (Phi) is 4.11. The van der Waals surface area contributed by atoms with Crippen LogP contribution >= 0.6 is 38.5 Å². The first-order valence-corrected chi connectivity index (χ1v) is 6.80. The maximum absolute atomic E-state index is 13.1. The number of carbonyl (C=O) groups is 1. The minimum Gasteiger partial charge on any atom is -0.289 e. The summed E-state index contributed by atoms with van der Waals surface area (Å²) < 4.78 is 27.6. The third-order valence-electron chi connectivity index (χ3n) is 2.30.